The summed E-state index contributed by atoms with van der Waals surface area (Å²) in [4.78, 5) is 31.1. The number of ether oxygens (including phenoxy) is 3. The number of methoxy groups -OCH3 is 1. The normalized spacial score (nSPS) is 21.2. The highest BCUT2D eigenvalue weighted by Gasteiger charge is 2.46. The van der Waals surface area contributed by atoms with Crippen molar-refractivity contribution in [2.45, 2.75) is 51.0 Å². The van der Waals surface area contributed by atoms with Crippen molar-refractivity contribution in [3.63, 3.8) is 0 Å². The number of hydrogen-bond donors (Lipinski definition) is 0. The largest absolute Gasteiger partial charge is 0.497 e. The molecule has 2 aromatic carbocycles. The molecule has 194 valence electrons. The third kappa shape index (κ3) is 6.01. The first-order valence-corrected chi connectivity index (χ1v) is 13.1. The van der Waals surface area contributed by atoms with Crippen molar-refractivity contribution in [2.75, 3.05) is 46.5 Å². The van der Waals surface area contributed by atoms with Crippen LogP contribution in [0.3, 0.4) is 0 Å². The van der Waals surface area contributed by atoms with Crippen LogP contribution in [0.15, 0.2) is 48.5 Å². The topological polar surface area (TPSA) is 68.3 Å². The van der Waals surface area contributed by atoms with Crippen LogP contribution in [0.4, 0.5) is 0 Å². The second kappa shape index (κ2) is 12.3. The number of aryl methyl sites for hydroxylation is 1. The molecule has 0 aromatic heterocycles. The number of amides is 2. The average Bonchev–Trinajstić information content (AvgIpc) is 2.92. The van der Waals surface area contributed by atoms with E-state index in [1.165, 1.54) is 5.56 Å². The number of morpholine rings is 1. The van der Waals surface area contributed by atoms with E-state index >= 15 is 0 Å². The molecule has 2 amide bonds. The van der Waals surface area contributed by atoms with E-state index < -0.39 is 5.60 Å². The maximum Gasteiger partial charge on any atom is 0.256 e. The van der Waals surface area contributed by atoms with E-state index in [2.05, 4.69) is 13.0 Å². The average molecular weight is 495 g/mol. The van der Waals surface area contributed by atoms with Crippen LogP contribution in [0.1, 0.15) is 54.9 Å². The zero-order valence-electron chi connectivity index (χ0n) is 21.5. The first kappa shape index (κ1) is 26.0. The van der Waals surface area contributed by atoms with Crippen LogP contribution in [0.5, 0.6) is 11.5 Å². The van der Waals surface area contributed by atoms with Gasteiger partial charge in [-0.1, -0.05) is 31.5 Å². The van der Waals surface area contributed by atoms with Gasteiger partial charge in [0.25, 0.3) is 11.8 Å². The van der Waals surface area contributed by atoms with E-state index in [1.54, 1.807) is 36.3 Å². The molecule has 1 saturated heterocycles. The lowest BCUT2D eigenvalue weighted by Gasteiger charge is -2.44. The molecule has 2 heterocycles. The summed E-state index contributed by atoms with van der Waals surface area (Å²) in [7, 11) is 1.60. The van der Waals surface area contributed by atoms with Gasteiger partial charge in [0, 0.05) is 18.7 Å². The quantitative estimate of drug-likeness (QED) is 0.619. The van der Waals surface area contributed by atoms with Gasteiger partial charge in [-0.05, 0) is 68.0 Å². The minimum Gasteiger partial charge on any atom is -0.497 e. The summed E-state index contributed by atoms with van der Waals surface area (Å²) in [5, 5.41) is 0. The summed E-state index contributed by atoms with van der Waals surface area (Å²) in [6.45, 7) is 4.76. The Kier molecular flexibility index (Phi) is 8.86. The Morgan fingerprint density at radius 3 is 2.64 bits per heavy atom. The molecule has 1 atom stereocenters. The third-order valence-corrected chi connectivity index (χ3v) is 7.14. The van der Waals surface area contributed by atoms with Gasteiger partial charge < -0.3 is 24.0 Å². The predicted molar refractivity (Wildman–Crippen MR) is 139 cm³/mol. The second-order valence-electron chi connectivity index (χ2n) is 9.61. The summed E-state index contributed by atoms with van der Waals surface area (Å²) < 4.78 is 17.7. The van der Waals surface area contributed by atoms with Crippen LogP contribution in [0.25, 0.3) is 0 Å². The van der Waals surface area contributed by atoms with Gasteiger partial charge >= 0.3 is 0 Å². The molecule has 0 aliphatic carbocycles. The van der Waals surface area contributed by atoms with Gasteiger partial charge in [0.1, 0.15) is 18.1 Å². The molecule has 1 fully saturated rings. The highest BCUT2D eigenvalue weighted by Crippen LogP contribution is 2.30. The number of rotatable bonds is 5. The maximum atomic E-state index is 14.1. The lowest BCUT2D eigenvalue weighted by atomic mass is 9.90. The minimum atomic E-state index is -1.03. The standard InChI is InChI=1S/C29H38N2O5/c1-3-4-17-30-18-20-35-26-11-6-5-9-23(26)10-7-8-16-29(28(30)33)22-31(19-21-36-29)27(32)24-12-14-25(34-2)15-13-24/h5-6,9,11-15H,3-4,7-8,10,16-22H2,1-2H3. The van der Waals surface area contributed by atoms with Crippen LogP contribution in [0.2, 0.25) is 0 Å². The van der Waals surface area contributed by atoms with Gasteiger partial charge in [0.15, 0.2) is 5.60 Å². The Hall–Kier alpha value is -3.06. The number of fused-ring (bicyclic) bond motifs is 1. The number of unbranched alkanes of at least 4 members (excludes halogenated alkanes) is 1. The van der Waals surface area contributed by atoms with Gasteiger partial charge in [-0.15, -0.1) is 0 Å². The molecule has 36 heavy (non-hydrogen) atoms. The fourth-order valence-electron chi connectivity index (χ4n) is 5.06. The third-order valence-electron chi connectivity index (χ3n) is 7.14. The molecule has 2 aliphatic heterocycles. The smallest absolute Gasteiger partial charge is 0.256 e. The monoisotopic (exact) mass is 494 g/mol. The molecule has 0 bridgehead atoms. The van der Waals surface area contributed by atoms with E-state index in [1.807, 2.05) is 23.1 Å². The van der Waals surface area contributed by atoms with Crippen molar-refractivity contribution in [2.24, 2.45) is 0 Å². The Balaban J connectivity index is 1.57. The molecule has 2 aromatic rings. The SMILES string of the molecule is CCCCN1CCOc2ccccc2CCCCC2(CN(C(=O)c3ccc(OC)cc3)CCO2)C1=O. The molecule has 7 heteroatoms. The van der Waals surface area contributed by atoms with Crippen molar-refractivity contribution >= 4 is 11.8 Å². The Bertz CT molecular complexity index is 1020. The maximum absolute atomic E-state index is 14.1. The van der Waals surface area contributed by atoms with Gasteiger partial charge in [-0.25, -0.2) is 0 Å². The molecule has 0 N–H and O–H groups in total. The van der Waals surface area contributed by atoms with Crippen LogP contribution in [-0.2, 0) is 16.0 Å². The van der Waals surface area contributed by atoms with Crippen LogP contribution in [-0.4, -0.2) is 73.7 Å². The second-order valence-corrected chi connectivity index (χ2v) is 9.61. The highest BCUT2D eigenvalue weighted by atomic mass is 16.5. The molecule has 0 saturated carbocycles. The molecular weight excluding hydrogens is 456 g/mol. The number of para-hydroxylation sites is 1. The van der Waals surface area contributed by atoms with E-state index in [4.69, 9.17) is 14.2 Å². The van der Waals surface area contributed by atoms with E-state index in [0.29, 0.717) is 50.6 Å². The molecule has 2 aliphatic rings. The first-order valence-electron chi connectivity index (χ1n) is 13.1. The van der Waals surface area contributed by atoms with E-state index in [0.717, 1.165) is 37.9 Å². The zero-order valence-corrected chi connectivity index (χ0v) is 21.5. The van der Waals surface area contributed by atoms with Crippen LogP contribution >= 0.6 is 0 Å². The lowest BCUT2D eigenvalue weighted by Crippen LogP contribution is -2.62. The molecule has 7 nitrogen and oxygen atoms in total. The van der Waals surface area contributed by atoms with Crippen molar-refractivity contribution in [3.8, 4) is 11.5 Å². The summed E-state index contributed by atoms with van der Waals surface area (Å²) >= 11 is 0. The Morgan fingerprint density at radius 1 is 1.06 bits per heavy atom. The number of benzene rings is 2. The van der Waals surface area contributed by atoms with Gasteiger partial charge in [0.05, 0.1) is 26.8 Å². The fraction of sp³-hybridized carbons (Fsp3) is 0.517. The summed E-state index contributed by atoms with van der Waals surface area (Å²) in [5.41, 5.74) is 0.744. The lowest BCUT2D eigenvalue weighted by molar-refractivity contribution is -0.170. The van der Waals surface area contributed by atoms with Crippen LogP contribution < -0.4 is 9.47 Å². The molecule has 0 radical (unpaired) electrons. The molecule has 4 rings (SSSR count). The summed E-state index contributed by atoms with van der Waals surface area (Å²) in [5.74, 6) is 1.49. The van der Waals surface area contributed by atoms with Gasteiger partial charge in [0.2, 0.25) is 0 Å². The van der Waals surface area contributed by atoms with Crippen LogP contribution in [0, 0.1) is 0 Å². The van der Waals surface area contributed by atoms with Gasteiger partial charge in [-0.2, -0.15) is 0 Å². The van der Waals surface area contributed by atoms with E-state index in [9.17, 15) is 9.59 Å². The summed E-state index contributed by atoms with van der Waals surface area (Å²) in [6, 6.07) is 15.3. The molecule has 1 unspecified atom stereocenters. The Morgan fingerprint density at radius 2 is 1.86 bits per heavy atom. The predicted octanol–water partition coefficient (Wildman–Crippen LogP) is 4.34. The number of carbonyl (C=O) groups is 2. The minimum absolute atomic E-state index is 0.0272. The highest BCUT2D eigenvalue weighted by molar-refractivity contribution is 5.95. The van der Waals surface area contributed by atoms with Gasteiger partial charge in [-0.3, -0.25) is 9.59 Å². The van der Waals surface area contributed by atoms with E-state index in [-0.39, 0.29) is 18.4 Å². The van der Waals surface area contributed by atoms with Crippen molar-refractivity contribution in [3.05, 3.63) is 59.7 Å². The first-order chi connectivity index (χ1) is 17.6. The zero-order chi connectivity index (χ0) is 25.4. The number of carbonyl (C=O) groups excluding carboxylic acids is 2. The molecule has 1 spiro atoms. The molecular formula is C29H38N2O5. The van der Waals surface area contributed by atoms with Crippen molar-refractivity contribution < 1.29 is 23.8 Å². The Labute approximate surface area is 214 Å². The fourth-order valence-corrected chi connectivity index (χ4v) is 5.06. The number of nitrogens with zero attached hydrogens (tertiary/aromatic N) is 2. The summed E-state index contributed by atoms with van der Waals surface area (Å²) in [6.07, 6.45) is 5.11. The van der Waals surface area contributed by atoms with Crippen molar-refractivity contribution in [1.82, 2.24) is 9.80 Å². The van der Waals surface area contributed by atoms with Crippen molar-refractivity contribution in [1.29, 1.82) is 0 Å². The number of hydrogen-bond acceptors (Lipinski definition) is 5.